The maximum Gasteiger partial charge on any atom is 0.529 e. The lowest BCUT2D eigenvalue weighted by atomic mass is 9.95. The Balaban J connectivity index is 4.46. The zero-order valence-corrected chi connectivity index (χ0v) is 23.9. The van der Waals surface area contributed by atoms with E-state index in [1.807, 2.05) is 0 Å². The van der Waals surface area contributed by atoms with Gasteiger partial charge in [0.1, 0.15) is 6.04 Å². The molecule has 0 aromatic rings. The minimum absolute atomic E-state index is 0.101. The molecule has 0 amide bonds. The third-order valence-electron chi connectivity index (χ3n) is 6.42. The maximum absolute atomic E-state index is 12.4. The van der Waals surface area contributed by atoms with Gasteiger partial charge in [0.25, 0.3) is 0 Å². The number of carbonyl (C=O) groups excluding carboxylic acids is 1. The van der Waals surface area contributed by atoms with Gasteiger partial charge in [-0.2, -0.15) is 0 Å². The predicted molar refractivity (Wildman–Crippen MR) is 148 cm³/mol. The molecule has 0 fully saturated rings. The number of nitrogens with two attached hydrogens (primary N) is 2. The van der Waals surface area contributed by atoms with Gasteiger partial charge in [-0.15, -0.1) is 0 Å². The molecule has 0 saturated heterocycles. The van der Waals surface area contributed by atoms with Crippen molar-refractivity contribution in [2.45, 2.75) is 135 Å². The number of hydrogen-bond acceptors (Lipinski definition) is 6. The van der Waals surface area contributed by atoms with Crippen molar-refractivity contribution < 1.29 is 23.3 Å². The van der Waals surface area contributed by atoms with Crippen molar-refractivity contribution >= 4 is 19.8 Å². The number of unbranched alkanes of at least 4 members (excludes halogenated alkanes) is 12. The molecule has 0 aliphatic heterocycles. The molecule has 0 saturated carbocycles. The van der Waals surface area contributed by atoms with Crippen LogP contribution in [0, 0.1) is 11.3 Å². The van der Waals surface area contributed by atoms with Crippen molar-refractivity contribution in [1.29, 1.82) is 5.41 Å². The first kappa shape index (κ1) is 34.9. The van der Waals surface area contributed by atoms with Gasteiger partial charge in [-0.05, 0) is 31.6 Å². The summed E-state index contributed by atoms with van der Waals surface area (Å²) >= 11 is 0. The summed E-state index contributed by atoms with van der Waals surface area (Å²) in [4.78, 5) is 22.2. The van der Waals surface area contributed by atoms with E-state index >= 15 is 0 Å². The van der Waals surface area contributed by atoms with Crippen LogP contribution in [0.2, 0.25) is 0 Å². The third kappa shape index (κ3) is 22.1. The second kappa shape index (κ2) is 23.0. The van der Waals surface area contributed by atoms with Crippen molar-refractivity contribution in [2.75, 3.05) is 13.2 Å². The largest absolute Gasteiger partial charge is 0.529 e. The second-order valence-corrected chi connectivity index (χ2v) is 11.3. The van der Waals surface area contributed by atoms with E-state index in [1.165, 1.54) is 64.2 Å². The molecule has 0 aliphatic carbocycles. The monoisotopic (exact) mass is 534 g/mol. The van der Waals surface area contributed by atoms with Crippen LogP contribution in [-0.2, 0) is 18.4 Å². The summed E-state index contributed by atoms with van der Waals surface area (Å²) < 4.78 is 22.3. The highest BCUT2D eigenvalue weighted by Gasteiger charge is 2.30. The Morgan fingerprint density at radius 1 is 0.861 bits per heavy atom. The average molecular weight is 535 g/mol. The fourth-order valence-electron chi connectivity index (χ4n) is 4.16. The minimum Gasteiger partial charge on any atom is -0.370 e. The molecule has 0 aliphatic rings. The van der Waals surface area contributed by atoms with Crippen LogP contribution in [0.4, 0.5) is 0 Å². The van der Waals surface area contributed by atoms with Gasteiger partial charge in [0.15, 0.2) is 5.96 Å². The van der Waals surface area contributed by atoms with Gasteiger partial charge in [0, 0.05) is 6.54 Å². The van der Waals surface area contributed by atoms with Gasteiger partial charge in [-0.1, -0.05) is 104 Å². The molecule has 3 atom stereocenters. The Kier molecular flexibility index (Phi) is 22.3. The molecule has 0 bridgehead atoms. The van der Waals surface area contributed by atoms with Gasteiger partial charge in [0.05, 0.1) is 6.61 Å². The highest BCUT2D eigenvalue weighted by molar-refractivity contribution is 7.48. The highest BCUT2D eigenvalue weighted by Crippen LogP contribution is 2.44. The summed E-state index contributed by atoms with van der Waals surface area (Å²) in [7, 11) is -4.52. The average Bonchev–Trinajstić information content (AvgIpc) is 2.82. The van der Waals surface area contributed by atoms with Crippen LogP contribution in [0.3, 0.4) is 0 Å². The highest BCUT2D eigenvalue weighted by atomic mass is 31.2. The Morgan fingerprint density at radius 2 is 1.33 bits per heavy atom. The van der Waals surface area contributed by atoms with Gasteiger partial charge >= 0.3 is 13.8 Å². The van der Waals surface area contributed by atoms with E-state index < -0.39 is 19.8 Å². The summed E-state index contributed by atoms with van der Waals surface area (Å²) in [6.07, 6.45) is 19.7. The van der Waals surface area contributed by atoms with Crippen LogP contribution >= 0.6 is 7.82 Å². The number of hydrogen-bond donors (Lipinski definition) is 5. The third-order valence-corrected chi connectivity index (χ3v) is 7.31. The number of guanidine groups is 1. The maximum atomic E-state index is 12.4. The quantitative estimate of drug-likeness (QED) is 0.0404. The smallest absolute Gasteiger partial charge is 0.370 e. The molecular weight excluding hydrogens is 479 g/mol. The van der Waals surface area contributed by atoms with Crippen LogP contribution in [0.1, 0.15) is 129 Å². The van der Waals surface area contributed by atoms with E-state index in [2.05, 4.69) is 19.2 Å². The fraction of sp³-hybridized carbons (Fsp3) is 0.923. The van der Waals surface area contributed by atoms with E-state index in [9.17, 15) is 14.3 Å². The summed E-state index contributed by atoms with van der Waals surface area (Å²) in [5.74, 6) is -0.956. The molecule has 0 aromatic heterocycles. The van der Waals surface area contributed by atoms with Crippen molar-refractivity contribution in [2.24, 2.45) is 17.4 Å². The lowest BCUT2D eigenvalue weighted by Gasteiger charge is -2.20. The Labute approximate surface area is 220 Å². The molecule has 0 spiro atoms. The van der Waals surface area contributed by atoms with Crippen LogP contribution in [0.25, 0.3) is 0 Å². The van der Waals surface area contributed by atoms with Crippen molar-refractivity contribution in [1.82, 2.24) is 5.32 Å². The molecule has 2 unspecified atom stereocenters. The van der Waals surface area contributed by atoms with Crippen LogP contribution < -0.4 is 16.8 Å². The van der Waals surface area contributed by atoms with Gasteiger partial charge < -0.3 is 21.3 Å². The van der Waals surface area contributed by atoms with Crippen LogP contribution in [-0.4, -0.2) is 36.0 Å². The Hall–Kier alpha value is -1.15. The molecule has 0 rings (SSSR count). The lowest BCUT2D eigenvalue weighted by Crippen LogP contribution is -2.35. The molecule has 7 N–H and O–H groups in total. The SMILES string of the molecule is CCCCCCCCCCC(CCCCCCCC)COP(=O)(O)OC(=O)[C@@H](N)CCCNC(=N)N. The zero-order valence-electron chi connectivity index (χ0n) is 23.0. The molecule has 9 nitrogen and oxygen atoms in total. The number of carbonyl (C=O) groups is 1. The van der Waals surface area contributed by atoms with E-state index in [-0.39, 0.29) is 24.9 Å². The summed E-state index contributed by atoms with van der Waals surface area (Å²) in [5, 5.41) is 9.71. The molecule has 0 heterocycles. The van der Waals surface area contributed by atoms with Crippen LogP contribution in [0.15, 0.2) is 0 Å². The molecular formula is C26H55N4O5P. The lowest BCUT2D eigenvalue weighted by molar-refractivity contribution is -0.137. The first-order chi connectivity index (χ1) is 17.2. The predicted octanol–water partition coefficient (Wildman–Crippen LogP) is 6.13. The second-order valence-electron chi connectivity index (χ2n) is 9.95. The topological polar surface area (TPSA) is 161 Å². The van der Waals surface area contributed by atoms with Crippen molar-refractivity contribution in [3.05, 3.63) is 0 Å². The zero-order chi connectivity index (χ0) is 27.1. The van der Waals surface area contributed by atoms with Gasteiger partial charge in [0.2, 0.25) is 0 Å². The number of rotatable bonds is 25. The number of phosphoric ester groups is 1. The molecule has 0 radical (unpaired) electrons. The molecule has 214 valence electrons. The standard InChI is InChI=1S/C26H55N4O5P/c1-3-5-7-9-11-12-14-16-19-23(18-15-13-10-8-6-4-2)22-34-36(32,33)35-25(31)24(27)20-17-21-30-26(28)29/h23-24H,3-22,27H2,1-2H3,(H,32,33)(H4,28,29,30)/t23?,24-/m0/s1. The van der Waals surface area contributed by atoms with E-state index in [4.69, 9.17) is 25.9 Å². The minimum atomic E-state index is -4.52. The van der Waals surface area contributed by atoms with E-state index in [1.54, 1.807) is 0 Å². The molecule has 36 heavy (non-hydrogen) atoms. The molecule has 10 heteroatoms. The van der Waals surface area contributed by atoms with Crippen LogP contribution in [0.5, 0.6) is 0 Å². The Morgan fingerprint density at radius 3 is 1.81 bits per heavy atom. The Bertz CT molecular complexity index is 609. The summed E-state index contributed by atoms with van der Waals surface area (Å²) in [6, 6.07) is -1.04. The fourth-order valence-corrected chi connectivity index (χ4v) is 4.98. The summed E-state index contributed by atoms with van der Waals surface area (Å²) in [5.41, 5.74) is 11.0. The van der Waals surface area contributed by atoms with Crippen molar-refractivity contribution in [3.8, 4) is 0 Å². The normalized spacial score (nSPS) is 14.7. The first-order valence-corrected chi connectivity index (χ1v) is 15.8. The van der Waals surface area contributed by atoms with Gasteiger partial charge in [-0.25, -0.2) is 9.36 Å². The summed E-state index contributed by atoms with van der Waals surface area (Å²) in [6.45, 7) is 4.91. The van der Waals surface area contributed by atoms with E-state index in [0.29, 0.717) is 13.0 Å². The molecule has 0 aromatic carbocycles. The van der Waals surface area contributed by atoms with Gasteiger partial charge in [-0.3, -0.25) is 14.8 Å². The first-order valence-electron chi connectivity index (χ1n) is 14.3. The number of nitrogens with one attached hydrogen (secondary N) is 2. The number of phosphoric acid groups is 1. The van der Waals surface area contributed by atoms with E-state index in [0.717, 1.165) is 38.5 Å². The van der Waals surface area contributed by atoms with Crippen molar-refractivity contribution in [3.63, 3.8) is 0 Å².